The van der Waals surface area contributed by atoms with E-state index in [9.17, 15) is 9.90 Å². The summed E-state index contributed by atoms with van der Waals surface area (Å²) in [6, 6.07) is 5.44. The summed E-state index contributed by atoms with van der Waals surface area (Å²) >= 11 is 3.40. The second-order valence-corrected chi connectivity index (χ2v) is 6.46. The van der Waals surface area contributed by atoms with Gasteiger partial charge in [-0.25, -0.2) is 0 Å². The quantitative estimate of drug-likeness (QED) is 0.901. The van der Waals surface area contributed by atoms with E-state index < -0.39 is 11.1 Å². The third-order valence-corrected chi connectivity index (χ3v) is 4.24. The molecule has 0 atom stereocenters. The number of carbonyl (C=O) groups excluding carboxylic acids is 1. The molecule has 0 bridgehead atoms. The molecule has 0 saturated heterocycles. The number of halogens is 1. The van der Waals surface area contributed by atoms with Crippen LogP contribution in [0, 0.1) is 6.92 Å². The number of carbonyl (C=O) groups is 1. The summed E-state index contributed by atoms with van der Waals surface area (Å²) in [5, 5.41) is 12.9. The highest BCUT2D eigenvalue weighted by molar-refractivity contribution is 9.10. The molecule has 1 aromatic rings. The minimum absolute atomic E-state index is 0.192. The molecule has 18 heavy (non-hydrogen) atoms. The maximum absolute atomic E-state index is 12.1. The van der Waals surface area contributed by atoms with Gasteiger partial charge >= 0.3 is 0 Å². The van der Waals surface area contributed by atoms with Crippen LogP contribution in [0.15, 0.2) is 22.7 Å². The fourth-order valence-electron chi connectivity index (χ4n) is 1.24. The van der Waals surface area contributed by atoms with Gasteiger partial charge in [0.25, 0.3) is 5.91 Å². The van der Waals surface area contributed by atoms with Crippen molar-refractivity contribution >= 4 is 21.8 Å². The second-order valence-electron chi connectivity index (χ2n) is 5.60. The first-order valence-corrected chi connectivity index (χ1v) is 6.65. The minimum Gasteiger partial charge on any atom is -0.388 e. The largest absolute Gasteiger partial charge is 0.388 e. The zero-order valence-electron chi connectivity index (χ0n) is 11.5. The van der Waals surface area contributed by atoms with Crippen LogP contribution < -0.4 is 5.32 Å². The third-order valence-electron chi connectivity index (χ3n) is 3.39. The Labute approximate surface area is 117 Å². The maximum Gasteiger partial charge on any atom is 0.251 e. The van der Waals surface area contributed by atoms with Gasteiger partial charge in [-0.2, -0.15) is 0 Å². The standard InChI is InChI=1S/C14H20BrNO2/c1-9-6-7-10(8-11(9)15)12(17)16-13(2,3)14(4,5)18/h6-8,18H,1-5H3,(H,16,17). The third kappa shape index (κ3) is 3.33. The molecule has 0 aliphatic carbocycles. The van der Waals surface area contributed by atoms with Gasteiger partial charge in [-0.1, -0.05) is 22.0 Å². The zero-order valence-corrected chi connectivity index (χ0v) is 13.1. The van der Waals surface area contributed by atoms with Crippen LogP contribution in [0.4, 0.5) is 0 Å². The number of hydrogen-bond donors (Lipinski definition) is 2. The Morgan fingerprint density at radius 1 is 1.28 bits per heavy atom. The van der Waals surface area contributed by atoms with E-state index in [0.717, 1.165) is 10.0 Å². The lowest BCUT2D eigenvalue weighted by Gasteiger charge is -2.38. The van der Waals surface area contributed by atoms with Crippen LogP contribution >= 0.6 is 15.9 Å². The summed E-state index contributed by atoms with van der Waals surface area (Å²) in [7, 11) is 0. The van der Waals surface area contributed by atoms with Gasteiger partial charge in [-0.15, -0.1) is 0 Å². The molecule has 1 aromatic carbocycles. The first-order chi connectivity index (χ1) is 8.04. The number of aliphatic hydroxyl groups is 1. The molecule has 0 radical (unpaired) electrons. The topological polar surface area (TPSA) is 49.3 Å². The summed E-state index contributed by atoms with van der Waals surface area (Å²) in [4.78, 5) is 12.1. The summed E-state index contributed by atoms with van der Waals surface area (Å²) < 4.78 is 0.899. The minimum atomic E-state index is -0.995. The Morgan fingerprint density at radius 3 is 2.28 bits per heavy atom. The van der Waals surface area contributed by atoms with Crippen molar-refractivity contribution < 1.29 is 9.90 Å². The van der Waals surface area contributed by atoms with Crippen LogP contribution in [0.3, 0.4) is 0 Å². The lowest BCUT2D eigenvalue weighted by atomic mass is 9.85. The van der Waals surface area contributed by atoms with Gasteiger partial charge in [0.1, 0.15) is 0 Å². The Balaban J connectivity index is 2.93. The summed E-state index contributed by atoms with van der Waals surface area (Å²) in [5.41, 5.74) is -0.0513. The van der Waals surface area contributed by atoms with E-state index in [-0.39, 0.29) is 5.91 Å². The van der Waals surface area contributed by atoms with E-state index in [1.165, 1.54) is 0 Å². The van der Waals surface area contributed by atoms with Crippen molar-refractivity contribution in [2.45, 2.75) is 45.8 Å². The first-order valence-electron chi connectivity index (χ1n) is 5.85. The van der Waals surface area contributed by atoms with E-state index in [2.05, 4.69) is 21.2 Å². The summed E-state index contributed by atoms with van der Waals surface area (Å²) in [6.45, 7) is 8.92. The van der Waals surface area contributed by atoms with E-state index in [4.69, 9.17) is 0 Å². The lowest BCUT2D eigenvalue weighted by molar-refractivity contribution is -0.00292. The van der Waals surface area contributed by atoms with E-state index >= 15 is 0 Å². The molecule has 0 saturated carbocycles. The molecule has 1 rings (SSSR count). The predicted molar refractivity (Wildman–Crippen MR) is 76.7 cm³/mol. The molecule has 0 fully saturated rings. The van der Waals surface area contributed by atoms with Crippen LogP contribution in [-0.2, 0) is 0 Å². The monoisotopic (exact) mass is 313 g/mol. The average molecular weight is 314 g/mol. The van der Waals surface area contributed by atoms with Crippen molar-refractivity contribution in [3.05, 3.63) is 33.8 Å². The molecule has 3 nitrogen and oxygen atoms in total. The normalized spacial score (nSPS) is 12.4. The van der Waals surface area contributed by atoms with E-state index in [0.29, 0.717) is 5.56 Å². The number of hydrogen-bond acceptors (Lipinski definition) is 2. The number of nitrogens with one attached hydrogen (secondary N) is 1. The van der Waals surface area contributed by atoms with Gasteiger partial charge in [-0.05, 0) is 52.3 Å². The van der Waals surface area contributed by atoms with E-state index in [1.54, 1.807) is 39.8 Å². The molecule has 0 heterocycles. The Hall–Kier alpha value is -0.870. The number of rotatable bonds is 3. The molecular weight excluding hydrogens is 294 g/mol. The molecular formula is C14H20BrNO2. The predicted octanol–water partition coefficient (Wildman–Crippen LogP) is 3.04. The molecule has 0 aliphatic heterocycles. The van der Waals surface area contributed by atoms with Crippen molar-refractivity contribution in [2.75, 3.05) is 0 Å². The Bertz CT molecular complexity index is 461. The molecule has 0 aromatic heterocycles. The summed E-state index contributed by atoms with van der Waals surface area (Å²) in [6.07, 6.45) is 0. The van der Waals surface area contributed by atoms with Crippen LogP contribution in [0.1, 0.15) is 43.6 Å². The number of benzene rings is 1. The van der Waals surface area contributed by atoms with E-state index in [1.807, 2.05) is 13.0 Å². The van der Waals surface area contributed by atoms with Crippen LogP contribution in [-0.4, -0.2) is 22.2 Å². The highest BCUT2D eigenvalue weighted by atomic mass is 79.9. The fraction of sp³-hybridized carbons (Fsp3) is 0.500. The second kappa shape index (κ2) is 5.02. The van der Waals surface area contributed by atoms with Gasteiger partial charge in [0, 0.05) is 10.0 Å². The SMILES string of the molecule is Cc1ccc(C(=O)NC(C)(C)C(C)(C)O)cc1Br. The average Bonchev–Trinajstić information content (AvgIpc) is 2.19. The van der Waals surface area contributed by atoms with Gasteiger partial charge < -0.3 is 10.4 Å². The number of amides is 1. The molecule has 0 aliphatic rings. The van der Waals surface area contributed by atoms with Crippen molar-refractivity contribution in [3.8, 4) is 0 Å². The molecule has 1 amide bonds. The number of aryl methyl sites for hydroxylation is 1. The van der Waals surface area contributed by atoms with Crippen LogP contribution in [0.25, 0.3) is 0 Å². The summed E-state index contributed by atoms with van der Waals surface area (Å²) in [5.74, 6) is -0.192. The Kier molecular flexibility index (Phi) is 4.23. The fourth-order valence-corrected chi connectivity index (χ4v) is 1.62. The maximum atomic E-state index is 12.1. The first kappa shape index (κ1) is 15.2. The van der Waals surface area contributed by atoms with Gasteiger partial charge in [0.05, 0.1) is 11.1 Å². The molecule has 0 unspecified atom stereocenters. The molecule has 0 spiro atoms. The van der Waals surface area contributed by atoms with Crippen molar-refractivity contribution in [3.63, 3.8) is 0 Å². The highest BCUT2D eigenvalue weighted by Crippen LogP contribution is 2.22. The van der Waals surface area contributed by atoms with Gasteiger partial charge in [-0.3, -0.25) is 4.79 Å². The molecule has 4 heteroatoms. The van der Waals surface area contributed by atoms with Crippen LogP contribution in [0.5, 0.6) is 0 Å². The Morgan fingerprint density at radius 2 is 1.83 bits per heavy atom. The smallest absolute Gasteiger partial charge is 0.251 e. The molecule has 100 valence electrons. The van der Waals surface area contributed by atoms with Crippen molar-refractivity contribution in [2.24, 2.45) is 0 Å². The van der Waals surface area contributed by atoms with Crippen molar-refractivity contribution in [1.82, 2.24) is 5.32 Å². The van der Waals surface area contributed by atoms with Gasteiger partial charge in [0.2, 0.25) is 0 Å². The van der Waals surface area contributed by atoms with Crippen LogP contribution in [0.2, 0.25) is 0 Å². The lowest BCUT2D eigenvalue weighted by Crippen LogP contribution is -2.57. The highest BCUT2D eigenvalue weighted by Gasteiger charge is 2.36. The zero-order chi connectivity index (χ0) is 14.1. The molecule has 2 N–H and O–H groups in total. The van der Waals surface area contributed by atoms with Gasteiger partial charge in [0.15, 0.2) is 0 Å². The van der Waals surface area contributed by atoms with Crippen molar-refractivity contribution in [1.29, 1.82) is 0 Å².